The lowest BCUT2D eigenvalue weighted by Crippen LogP contribution is -2.53. The van der Waals surface area contributed by atoms with E-state index in [1.165, 1.54) is 12.3 Å². The predicted molar refractivity (Wildman–Crippen MR) is 95.4 cm³/mol. The number of hydrogen-bond donors (Lipinski definition) is 2. The Hall–Kier alpha value is -3.42. The standard InChI is InChI=1S/C18H20N4O4/c1-18(2,3)26-17(25)21-22(14-11-7-8-12-19-14)16(24)20-15(23)13-9-5-4-6-10-13/h4-12H,1-3H3,(H,21,25)(H,20,23,24). The molecule has 0 fully saturated rings. The first kappa shape index (κ1) is 18.9. The minimum atomic E-state index is -0.872. The number of ether oxygens (including phenoxy) is 1. The zero-order valence-corrected chi connectivity index (χ0v) is 14.7. The molecule has 1 aromatic heterocycles. The van der Waals surface area contributed by atoms with Crippen LogP contribution in [0.3, 0.4) is 0 Å². The molecule has 0 spiro atoms. The number of rotatable bonds is 2. The molecule has 0 saturated heterocycles. The lowest BCUT2D eigenvalue weighted by Gasteiger charge is -2.25. The summed E-state index contributed by atoms with van der Waals surface area (Å²) < 4.78 is 5.15. The molecule has 0 saturated carbocycles. The van der Waals surface area contributed by atoms with Crippen LogP contribution in [0.15, 0.2) is 54.7 Å². The second-order valence-corrected chi connectivity index (χ2v) is 6.26. The lowest BCUT2D eigenvalue weighted by atomic mass is 10.2. The topological polar surface area (TPSA) is 101 Å². The van der Waals surface area contributed by atoms with Gasteiger partial charge in [-0.2, -0.15) is 5.01 Å². The van der Waals surface area contributed by atoms with Gasteiger partial charge in [-0.1, -0.05) is 24.3 Å². The van der Waals surface area contributed by atoms with E-state index in [4.69, 9.17) is 4.74 Å². The van der Waals surface area contributed by atoms with Crippen LogP contribution in [0.2, 0.25) is 0 Å². The molecule has 4 amide bonds. The van der Waals surface area contributed by atoms with Crippen molar-refractivity contribution in [3.63, 3.8) is 0 Å². The van der Waals surface area contributed by atoms with E-state index in [-0.39, 0.29) is 5.82 Å². The zero-order valence-electron chi connectivity index (χ0n) is 14.7. The number of nitrogens with one attached hydrogen (secondary N) is 2. The zero-order chi connectivity index (χ0) is 19.2. The molecule has 1 heterocycles. The van der Waals surface area contributed by atoms with Crippen LogP contribution in [0, 0.1) is 0 Å². The first-order chi connectivity index (χ1) is 12.3. The minimum Gasteiger partial charge on any atom is -0.443 e. The number of anilines is 1. The van der Waals surface area contributed by atoms with Gasteiger partial charge in [0, 0.05) is 11.8 Å². The maximum absolute atomic E-state index is 12.5. The molecule has 2 aromatic rings. The third-order valence-electron chi connectivity index (χ3n) is 2.94. The minimum absolute atomic E-state index is 0.122. The fraction of sp³-hybridized carbons (Fsp3) is 0.222. The second kappa shape index (κ2) is 8.11. The molecule has 0 atom stereocenters. The van der Waals surface area contributed by atoms with Crippen molar-refractivity contribution < 1.29 is 19.1 Å². The average Bonchev–Trinajstić information content (AvgIpc) is 2.59. The van der Waals surface area contributed by atoms with Crippen molar-refractivity contribution in [3.8, 4) is 0 Å². The van der Waals surface area contributed by atoms with Crippen LogP contribution in [-0.4, -0.2) is 28.6 Å². The number of hydrazine groups is 1. The summed E-state index contributed by atoms with van der Waals surface area (Å²) in [6.45, 7) is 5.07. The Morgan fingerprint density at radius 2 is 1.65 bits per heavy atom. The molecular formula is C18H20N4O4. The van der Waals surface area contributed by atoms with Gasteiger partial charge < -0.3 is 4.74 Å². The molecule has 26 heavy (non-hydrogen) atoms. The molecule has 2 N–H and O–H groups in total. The molecule has 0 radical (unpaired) electrons. The van der Waals surface area contributed by atoms with Crippen molar-refractivity contribution in [2.75, 3.05) is 5.01 Å². The van der Waals surface area contributed by atoms with Crippen LogP contribution >= 0.6 is 0 Å². The molecule has 1 aromatic carbocycles. The van der Waals surface area contributed by atoms with E-state index in [9.17, 15) is 14.4 Å². The monoisotopic (exact) mass is 356 g/mol. The number of hydrogen-bond acceptors (Lipinski definition) is 5. The Morgan fingerprint density at radius 1 is 1.00 bits per heavy atom. The van der Waals surface area contributed by atoms with Crippen molar-refractivity contribution in [2.24, 2.45) is 0 Å². The maximum Gasteiger partial charge on any atom is 0.427 e. The largest absolute Gasteiger partial charge is 0.443 e. The van der Waals surface area contributed by atoms with Crippen molar-refractivity contribution >= 4 is 23.8 Å². The highest BCUT2D eigenvalue weighted by Crippen LogP contribution is 2.10. The van der Waals surface area contributed by atoms with Crippen LogP contribution in [0.1, 0.15) is 31.1 Å². The van der Waals surface area contributed by atoms with E-state index >= 15 is 0 Å². The quantitative estimate of drug-likeness (QED) is 0.806. The van der Waals surface area contributed by atoms with Crippen molar-refractivity contribution in [3.05, 3.63) is 60.3 Å². The highest BCUT2D eigenvalue weighted by atomic mass is 16.6. The lowest BCUT2D eigenvalue weighted by molar-refractivity contribution is 0.0522. The summed E-state index contributed by atoms with van der Waals surface area (Å²) in [5, 5.41) is 3.02. The fourth-order valence-electron chi connectivity index (χ4n) is 1.91. The van der Waals surface area contributed by atoms with E-state index in [0.717, 1.165) is 5.01 Å². The summed E-state index contributed by atoms with van der Waals surface area (Å²) >= 11 is 0. The van der Waals surface area contributed by atoms with Gasteiger partial charge in [-0.3, -0.25) is 10.1 Å². The summed E-state index contributed by atoms with van der Waals surface area (Å²) in [6.07, 6.45) is 0.594. The van der Waals surface area contributed by atoms with Gasteiger partial charge in [-0.15, -0.1) is 0 Å². The number of aromatic nitrogens is 1. The highest BCUT2D eigenvalue weighted by molar-refractivity contribution is 6.08. The molecular weight excluding hydrogens is 336 g/mol. The summed E-state index contributed by atoms with van der Waals surface area (Å²) in [7, 11) is 0. The van der Waals surface area contributed by atoms with Crippen molar-refractivity contribution in [1.29, 1.82) is 0 Å². The number of amides is 4. The Labute approximate surface area is 151 Å². The van der Waals surface area contributed by atoms with E-state index in [1.807, 2.05) is 0 Å². The number of carbonyl (C=O) groups is 3. The number of carbonyl (C=O) groups excluding carboxylic acids is 3. The Balaban J connectivity index is 2.16. The second-order valence-electron chi connectivity index (χ2n) is 6.26. The fourth-order valence-corrected chi connectivity index (χ4v) is 1.91. The molecule has 0 aliphatic heterocycles. The molecule has 0 bridgehead atoms. The van der Waals surface area contributed by atoms with Crippen LogP contribution in [0.5, 0.6) is 0 Å². The van der Waals surface area contributed by atoms with Gasteiger partial charge >= 0.3 is 12.1 Å². The van der Waals surface area contributed by atoms with Gasteiger partial charge in [0.05, 0.1) is 0 Å². The SMILES string of the molecule is CC(C)(C)OC(=O)NN(C(=O)NC(=O)c1ccccc1)c1ccccn1. The number of nitrogens with zero attached hydrogens (tertiary/aromatic N) is 2. The van der Waals surface area contributed by atoms with E-state index in [2.05, 4.69) is 15.7 Å². The van der Waals surface area contributed by atoms with Gasteiger partial charge in [0.25, 0.3) is 5.91 Å². The van der Waals surface area contributed by atoms with Gasteiger partial charge in [-0.05, 0) is 45.0 Å². The van der Waals surface area contributed by atoms with Crippen LogP contribution in [0.4, 0.5) is 15.4 Å². The van der Waals surface area contributed by atoms with Crippen molar-refractivity contribution in [1.82, 2.24) is 15.7 Å². The van der Waals surface area contributed by atoms with E-state index < -0.39 is 23.6 Å². The molecule has 0 unspecified atom stereocenters. The normalized spacial score (nSPS) is 10.6. The average molecular weight is 356 g/mol. The first-order valence-electron chi connectivity index (χ1n) is 7.87. The molecule has 2 rings (SSSR count). The van der Waals surface area contributed by atoms with Crippen LogP contribution in [-0.2, 0) is 4.74 Å². The van der Waals surface area contributed by atoms with Gasteiger partial charge in [0.2, 0.25) is 0 Å². The maximum atomic E-state index is 12.5. The summed E-state index contributed by atoms with van der Waals surface area (Å²) in [5.74, 6) is -0.487. The number of urea groups is 1. The molecule has 0 aliphatic carbocycles. The smallest absolute Gasteiger partial charge is 0.427 e. The van der Waals surface area contributed by atoms with E-state index in [1.54, 1.807) is 63.2 Å². The Morgan fingerprint density at radius 3 is 2.23 bits per heavy atom. The van der Waals surface area contributed by atoms with E-state index in [0.29, 0.717) is 5.56 Å². The molecule has 8 nitrogen and oxygen atoms in total. The number of pyridine rings is 1. The third kappa shape index (κ3) is 5.59. The summed E-state index contributed by atoms with van der Waals surface area (Å²) in [6, 6.07) is 12.2. The van der Waals surface area contributed by atoms with Crippen LogP contribution < -0.4 is 15.8 Å². The van der Waals surface area contributed by atoms with Crippen LogP contribution in [0.25, 0.3) is 0 Å². The summed E-state index contributed by atoms with van der Waals surface area (Å²) in [4.78, 5) is 40.7. The number of imide groups is 1. The molecule has 136 valence electrons. The molecule has 8 heteroatoms. The van der Waals surface area contributed by atoms with Gasteiger partial charge in [0.15, 0.2) is 5.82 Å². The highest BCUT2D eigenvalue weighted by Gasteiger charge is 2.25. The Kier molecular flexibility index (Phi) is 5.90. The number of benzene rings is 1. The Bertz CT molecular complexity index is 773. The van der Waals surface area contributed by atoms with Gasteiger partial charge in [0.1, 0.15) is 5.60 Å². The summed E-state index contributed by atoms with van der Waals surface area (Å²) in [5.41, 5.74) is 1.84. The first-order valence-corrected chi connectivity index (χ1v) is 7.87. The third-order valence-corrected chi connectivity index (χ3v) is 2.94. The van der Waals surface area contributed by atoms with Gasteiger partial charge in [-0.25, -0.2) is 20.0 Å². The van der Waals surface area contributed by atoms with Crippen molar-refractivity contribution in [2.45, 2.75) is 26.4 Å². The predicted octanol–water partition coefficient (Wildman–Crippen LogP) is 2.88. The molecule has 0 aliphatic rings.